The van der Waals surface area contributed by atoms with E-state index in [-0.39, 0.29) is 18.1 Å². The zero-order valence-electron chi connectivity index (χ0n) is 19.7. The minimum absolute atomic E-state index is 0.0348. The lowest BCUT2D eigenvalue weighted by molar-refractivity contribution is -0.149. The summed E-state index contributed by atoms with van der Waals surface area (Å²) in [7, 11) is 0. The van der Waals surface area contributed by atoms with Crippen molar-refractivity contribution in [3.05, 3.63) is 11.5 Å². The molecule has 0 unspecified atom stereocenters. The Labute approximate surface area is 187 Å². The molecule has 31 heavy (non-hydrogen) atoms. The van der Waals surface area contributed by atoms with Gasteiger partial charge in [0.1, 0.15) is 12.7 Å². The summed E-state index contributed by atoms with van der Waals surface area (Å²) in [5.41, 5.74) is -1.13. The molecule has 0 radical (unpaired) electrons. The van der Waals surface area contributed by atoms with Gasteiger partial charge in [-0.2, -0.15) is 0 Å². The van der Waals surface area contributed by atoms with Crippen molar-refractivity contribution in [2.45, 2.75) is 116 Å². The maximum atomic E-state index is 12.1. The van der Waals surface area contributed by atoms with Gasteiger partial charge in [0, 0.05) is 0 Å². The lowest BCUT2D eigenvalue weighted by Gasteiger charge is -2.22. The maximum absolute atomic E-state index is 12.1. The molecule has 0 aromatic rings. The van der Waals surface area contributed by atoms with Crippen LogP contribution in [-0.2, 0) is 19.0 Å². The summed E-state index contributed by atoms with van der Waals surface area (Å²) >= 11 is 0. The van der Waals surface area contributed by atoms with Gasteiger partial charge in [-0.1, -0.05) is 77.6 Å². The zero-order chi connectivity index (χ0) is 23.1. The molecule has 0 fully saturated rings. The smallest absolute Gasteiger partial charge is 0.378 e. The van der Waals surface area contributed by atoms with Gasteiger partial charge < -0.3 is 29.5 Å². The first-order valence-corrected chi connectivity index (χ1v) is 12.0. The van der Waals surface area contributed by atoms with Crippen LogP contribution >= 0.6 is 0 Å². The van der Waals surface area contributed by atoms with E-state index in [0.717, 1.165) is 19.3 Å². The molecule has 0 saturated carbocycles. The first kappa shape index (κ1) is 27.7. The summed E-state index contributed by atoms with van der Waals surface area (Å²) in [5.74, 6) is -0.764. The lowest BCUT2D eigenvalue weighted by Crippen LogP contribution is -2.34. The van der Waals surface area contributed by atoms with Gasteiger partial charge in [0.15, 0.2) is 11.9 Å². The third kappa shape index (κ3) is 11.8. The van der Waals surface area contributed by atoms with Crippen molar-refractivity contribution in [2.24, 2.45) is 0 Å². The van der Waals surface area contributed by atoms with Crippen molar-refractivity contribution in [1.29, 1.82) is 0 Å². The standard InChI is InChI=1S/C24H44O7/c1-4-5-6-7-8-9-10-11-12-13-14-15-16-29-22-21(30-18-24(2,3)28)20(19(26)17-25)31-23(22)27/h19-20,25-26,28H,4-18H2,1-3H3/t19-,20+/m0/s1. The fourth-order valence-electron chi connectivity index (χ4n) is 3.45. The second-order valence-corrected chi connectivity index (χ2v) is 9.11. The van der Waals surface area contributed by atoms with E-state index in [0.29, 0.717) is 6.61 Å². The van der Waals surface area contributed by atoms with Gasteiger partial charge in [-0.25, -0.2) is 4.79 Å². The molecule has 0 aromatic heterocycles. The van der Waals surface area contributed by atoms with Crippen LogP contribution in [0, 0.1) is 0 Å². The van der Waals surface area contributed by atoms with Crippen LogP contribution in [-0.4, -0.2) is 58.9 Å². The van der Waals surface area contributed by atoms with Crippen molar-refractivity contribution < 1.29 is 34.3 Å². The van der Waals surface area contributed by atoms with Gasteiger partial charge in [0.25, 0.3) is 0 Å². The fraction of sp³-hybridized carbons (Fsp3) is 0.875. The van der Waals surface area contributed by atoms with Crippen LogP contribution in [0.4, 0.5) is 0 Å². The van der Waals surface area contributed by atoms with Gasteiger partial charge in [0.05, 0.1) is 18.8 Å². The van der Waals surface area contributed by atoms with E-state index < -0.39 is 30.4 Å². The summed E-state index contributed by atoms with van der Waals surface area (Å²) in [6.07, 6.45) is 12.4. The Kier molecular flexibility index (Phi) is 13.8. The minimum Gasteiger partial charge on any atom is -0.487 e. The molecule has 7 heteroatoms. The average molecular weight is 445 g/mol. The number of carbonyl (C=O) groups excluding carboxylic acids is 1. The second kappa shape index (κ2) is 15.5. The van der Waals surface area contributed by atoms with E-state index in [1.54, 1.807) is 13.8 Å². The van der Waals surface area contributed by atoms with Crippen LogP contribution in [0.3, 0.4) is 0 Å². The molecule has 0 aromatic carbocycles. The van der Waals surface area contributed by atoms with Gasteiger partial charge in [-0.15, -0.1) is 0 Å². The summed E-state index contributed by atoms with van der Waals surface area (Å²) in [6, 6.07) is 0. The molecule has 2 atom stereocenters. The summed E-state index contributed by atoms with van der Waals surface area (Å²) in [4.78, 5) is 12.1. The van der Waals surface area contributed by atoms with Crippen LogP contribution in [0.25, 0.3) is 0 Å². The molecule has 0 bridgehead atoms. The largest absolute Gasteiger partial charge is 0.487 e. The second-order valence-electron chi connectivity index (χ2n) is 9.11. The lowest BCUT2D eigenvalue weighted by atomic mass is 10.1. The van der Waals surface area contributed by atoms with Gasteiger partial charge in [-0.3, -0.25) is 0 Å². The molecule has 0 aliphatic carbocycles. The third-order valence-electron chi connectivity index (χ3n) is 5.26. The molecule has 7 nitrogen and oxygen atoms in total. The molecule has 1 heterocycles. The highest BCUT2D eigenvalue weighted by Crippen LogP contribution is 2.28. The van der Waals surface area contributed by atoms with Crippen LogP contribution < -0.4 is 0 Å². The van der Waals surface area contributed by atoms with Crippen molar-refractivity contribution in [3.8, 4) is 0 Å². The quantitative estimate of drug-likeness (QED) is 0.204. The predicted octanol–water partition coefficient (Wildman–Crippen LogP) is 3.98. The first-order valence-electron chi connectivity index (χ1n) is 12.0. The highest BCUT2D eigenvalue weighted by Gasteiger charge is 2.42. The summed E-state index contributed by atoms with van der Waals surface area (Å²) in [6.45, 7) is 5.04. The number of cyclic esters (lactones) is 1. The van der Waals surface area contributed by atoms with Crippen molar-refractivity contribution in [1.82, 2.24) is 0 Å². The Morgan fingerprint density at radius 1 is 0.935 bits per heavy atom. The van der Waals surface area contributed by atoms with Gasteiger partial charge in [-0.05, 0) is 20.3 Å². The Bertz CT molecular complexity index is 525. The zero-order valence-corrected chi connectivity index (χ0v) is 19.7. The number of rotatable bonds is 19. The number of unbranched alkanes of at least 4 members (excludes halogenated alkanes) is 11. The van der Waals surface area contributed by atoms with E-state index in [1.165, 1.54) is 57.8 Å². The molecule has 1 rings (SSSR count). The van der Waals surface area contributed by atoms with Crippen LogP contribution in [0.1, 0.15) is 97.8 Å². The van der Waals surface area contributed by atoms with Crippen molar-refractivity contribution >= 4 is 5.97 Å². The molecule has 0 saturated heterocycles. The number of aliphatic hydroxyl groups excluding tert-OH is 2. The fourth-order valence-corrected chi connectivity index (χ4v) is 3.45. The van der Waals surface area contributed by atoms with E-state index in [2.05, 4.69) is 6.92 Å². The first-order chi connectivity index (χ1) is 14.8. The van der Waals surface area contributed by atoms with E-state index in [9.17, 15) is 20.1 Å². The number of esters is 1. The molecule has 1 aliphatic heterocycles. The molecular weight excluding hydrogens is 400 g/mol. The Hall–Kier alpha value is -1.31. The van der Waals surface area contributed by atoms with Crippen LogP contribution in [0.2, 0.25) is 0 Å². The number of aliphatic hydroxyl groups is 3. The molecule has 0 spiro atoms. The molecule has 182 valence electrons. The Balaban J connectivity index is 2.29. The number of ether oxygens (including phenoxy) is 3. The van der Waals surface area contributed by atoms with E-state index in [1.807, 2.05) is 0 Å². The van der Waals surface area contributed by atoms with E-state index >= 15 is 0 Å². The maximum Gasteiger partial charge on any atom is 0.378 e. The predicted molar refractivity (Wildman–Crippen MR) is 119 cm³/mol. The average Bonchev–Trinajstić information content (AvgIpc) is 3.04. The van der Waals surface area contributed by atoms with E-state index in [4.69, 9.17) is 14.2 Å². The molecular formula is C24H44O7. The highest BCUT2D eigenvalue weighted by atomic mass is 16.6. The number of hydrogen-bond donors (Lipinski definition) is 3. The van der Waals surface area contributed by atoms with Gasteiger partial charge >= 0.3 is 5.97 Å². The number of carbonyl (C=O) groups is 1. The Morgan fingerprint density at radius 3 is 1.94 bits per heavy atom. The molecule has 0 amide bonds. The third-order valence-corrected chi connectivity index (χ3v) is 5.26. The van der Waals surface area contributed by atoms with Crippen LogP contribution in [0.15, 0.2) is 11.5 Å². The minimum atomic E-state index is -1.31. The normalized spacial score (nSPS) is 17.7. The number of hydrogen-bond acceptors (Lipinski definition) is 7. The van der Waals surface area contributed by atoms with Crippen molar-refractivity contribution in [2.75, 3.05) is 19.8 Å². The van der Waals surface area contributed by atoms with Gasteiger partial charge in [0.2, 0.25) is 5.76 Å². The highest BCUT2D eigenvalue weighted by molar-refractivity contribution is 5.89. The van der Waals surface area contributed by atoms with Crippen molar-refractivity contribution in [3.63, 3.8) is 0 Å². The SMILES string of the molecule is CCCCCCCCCCCCCCOC1=C(OCC(C)(C)O)[C@@H]([C@@H](O)CO)OC1=O. The monoisotopic (exact) mass is 444 g/mol. The van der Waals surface area contributed by atoms with Crippen LogP contribution in [0.5, 0.6) is 0 Å². The topological polar surface area (TPSA) is 105 Å². The summed E-state index contributed by atoms with van der Waals surface area (Å²) in [5, 5.41) is 29.0. The molecule has 3 N–H and O–H groups in total. The Morgan fingerprint density at radius 2 is 1.45 bits per heavy atom. The molecule has 1 aliphatic rings. The summed E-state index contributed by atoms with van der Waals surface area (Å²) < 4.78 is 16.3.